The van der Waals surface area contributed by atoms with Crippen LogP contribution in [0.1, 0.15) is 0 Å². The zero-order valence-electron chi connectivity index (χ0n) is 9.10. The van der Waals surface area contributed by atoms with E-state index in [4.69, 9.17) is 60.0 Å². The molecule has 0 spiro atoms. The number of hydrogen-bond donors (Lipinski definition) is 2. The van der Waals surface area contributed by atoms with E-state index in [0.29, 0.717) is 0 Å². The average molecular weight is 315 g/mol. The van der Waals surface area contributed by atoms with Crippen molar-refractivity contribution in [2.75, 3.05) is 0 Å². The van der Waals surface area contributed by atoms with Crippen molar-refractivity contribution in [3.63, 3.8) is 0 Å². The molecule has 0 aromatic heterocycles. The molecule has 0 heterocycles. The van der Waals surface area contributed by atoms with Gasteiger partial charge in [-0.3, -0.25) is 0 Å². The molecule has 0 rings (SSSR count). The van der Waals surface area contributed by atoms with Crippen LogP contribution in [0.3, 0.4) is 0 Å². The van der Waals surface area contributed by atoms with E-state index in [-0.39, 0.29) is 69.2 Å². The first-order chi connectivity index (χ1) is 6.93. The minimum atomic E-state index is -2.33. The van der Waals surface area contributed by atoms with Crippen molar-refractivity contribution < 1.29 is 60.0 Å². The summed E-state index contributed by atoms with van der Waals surface area (Å²) in [6, 6.07) is 0. The second kappa shape index (κ2) is 36.0. The van der Waals surface area contributed by atoms with E-state index < -0.39 is 24.6 Å². The Morgan fingerprint density at radius 2 is 0.526 bits per heavy atom. The van der Waals surface area contributed by atoms with Gasteiger partial charge in [0.25, 0.3) is 0 Å². The summed E-state index contributed by atoms with van der Waals surface area (Å²) in [4.78, 5) is 33.6. The molecule has 0 amide bonds. The molecule has 0 aromatic rings. The largest absolute Gasteiger partial charge is 2.00 e. The second-order valence-electron chi connectivity index (χ2n) is 1.03. The number of hydrogen-bond acceptors (Lipinski definition) is 10. The minimum absolute atomic E-state index is 0. The molecular formula is C4H2Mg3O12. The second-order valence-corrected chi connectivity index (χ2v) is 1.03. The summed E-state index contributed by atoms with van der Waals surface area (Å²) in [5.74, 6) is 0. The van der Waals surface area contributed by atoms with Crippen molar-refractivity contribution in [1.82, 2.24) is 0 Å². The summed E-state index contributed by atoms with van der Waals surface area (Å²) in [6.45, 7) is 0. The number of carbonyl (C=O) groups excluding carboxylic acids is 2. The number of carboxylic acid groups (broad SMARTS) is 8. The Kier molecular flexibility index (Phi) is 81.2. The van der Waals surface area contributed by atoms with Crippen molar-refractivity contribution >= 4 is 93.8 Å². The van der Waals surface area contributed by atoms with Crippen LogP contribution in [0.15, 0.2) is 0 Å². The maximum Gasteiger partial charge on any atom is 2.00 e. The summed E-state index contributed by atoms with van der Waals surface area (Å²) in [7, 11) is 0. The van der Waals surface area contributed by atoms with Gasteiger partial charge in [-0.2, -0.15) is 0 Å². The molecule has 0 aliphatic heterocycles. The van der Waals surface area contributed by atoms with Gasteiger partial charge in [0.2, 0.25) is 12.3 Å². The Morgan fingerprint density at radius 3 is 0.526 bits per heavy atom. The SMILES string of the molecule is O=C([O-])O.O=C([O-])O.O=C([O-])[O-].O=C([O-])[O-].[Mg+2].[Mg+2].[Mg+2]. The first-order valence-corrected chi connectivity index (χ1v) is 2.49. The van der Waals surface area contributed by atoms with E-state index in [1.165, 1.54) is 0 Å². The normalized spacial score (nSPS) is 5.05. The fourth-order valence-corrected chi connectivity index (χ4v) is 0. The molecule has 0 aromatic carbocycles. The van der Waals surface area contributed by atoms with Crippen LogP contribution >= 0.6 is 0 Å². The molecule has 0 saturated carbocycles. The van der Waals surface area contributed by atoms with E-state index in [9.17, 15) is 0 Å². The van der Waals surface area contributed by atoms with Crippen molar-refractivity contribution in [3.8, 4) is 0 Å². The van der Waals surface area contributed by atoms with Gasteiger partial charge in [-0.1, -0.05) is 0 Å². The maximum absolute atomic E-state index is 8.44. The van der Waals surface area contributed by atoms with Crippen LogP contribution < -0.4 is 30.6 Å². The fraction of sp³-hybridized carbons (Fsp3) is 0. The van der Waals surface area contributed by atoms with Crippen LogP contribution in [0, 0.1) is 0 Å². The van der Waals surface area contributed by atoms with Gasteiger partial charge in [0.05, 0.1) is 0 Å². The molecule has 0 saturated heterocycles. The van der Waals surface area contributed by atoms with Crippen molar-refractivity contribution in [1.29, 1.82) is 0 Å². The van der Waals surface area contributed by atoms with Crippen molar-refractivity contribution in [3.05, 3.63) is 0 Å². The smallest absolute Gasteiger partial charge is 0.652 e. The van der Waals surface area contributed by atoms with Crippen LogP contribution in [0.5, 0.6) is 0 Å². The van der Waals surface area contributed by atoms with Gasteiger partial charge in [-0.25, -0.2) is 0 Å². The molecule has 15 heteroatoms. The molecule has 0 radical (unpaired) electrons. The van der Waals surface area contributed by atoms with E-state index >= 15 is 0 Å². The number of rotatable bonds is 0. The van der Waals surface area contributed by atoms with Crippen molar-refractivity contribution in [2.24, 2.45) is 0 Å². The van der Waals surface area contributed by atoms with Crippen LogP contribution in [0.2, 0.25) is 0 Å². The molecule has 0 unspecified atom stereocenters. The molecule has 0 atom stereocenters. The molecule has 12 nitrogen and oxygen atoms in total. The van der Waals surface area contributed by atoms with Gasteiger partial charge in [-0.05, 0) is 12.3 Å². The zero-order chi connectivity index (χ0) is 14.3. The molecular weight excluding hydrogens is 313 g/mol. The summed E-state index contributed by atoms with van der Waals surface area (Å²) >= 11 is 0. The fourth-order valence-electron chi connectivity index (χ4n) is 0. The Bertz CT molecular complexity index is 165. The van der Waals surface area contributed by atoms with Gasteiger partial charge < -0.3 is 60.0 Å². The van der Waals surface area contributed by atoms with E-state index in [1.807, 2.05) is 0 Å². The molecule has 0 aliphatic carbocycles. The van der Waals surface area contributed by atoms with Gasteiger partial charge in [0.15, 0.2) is 0 Å². The third-order valence-electron chi connectivity index (χ3n) is 0. The Labute approximate surface area is 153 Å². The number of carbonyl (C=O) groups is 4. The molecule has 2 N–H and O–H groups in total. The molecule has 96 valence electrons. The van der Waals surface area contributed by atoms with Crippen LogP contribution in [-0.2, 0) is 0 Å². The third-order valence-corrected chi connectivity index (χ3v) is 0. The molecule has 0 bridgehead atoms. The van der Waals surface area contributed by atoms with E-state index in [0.717, 1.165) is 0 Å². The van der Waals surface area contributed by atoms with Crippen LogP contribution in [0.4, 0.5) is 19.2 Å². The van der Waals surface area contributed by atoms with Gasteiger partial charge >= 0.3 is 69.2 Å². The van der Waals surface area contributed by atoms with Gasteiger partial charge in [0, 0.05) is 0 Å². The topological polar surface area (TPSA) is 247 Å². The molecule has 0 aliphatic rings. The first kappa shape index (κ1) is 42.9. The van der Waals surface area contributed by atoms with Gasteiger partial charge in [-0.15, -0.1) is 0 Å². The predicted molar refractivity (Wildman–Crippen MR) is 44.1 cm³/mol. The summed E-state index contributed by atoms with van der Waals surface area (Å²) in [5.41, 5.74) is 0. The minimum Gasteiger partial charge on any atom is -0.652 e. The zero-order valence-corrected chi connectivity index (χ0v) is 13.3. The van der Waals surface area contributed by atoms with Gasteiger partial charge in [0.1, 0.15) is 0 Å². The third kappa shape index (κ3) is 10600. The Hall–Kier alpha value is -0.621. The van der Waals surface area contributed by atoms with Crippen molar-refractivity contribution in [2.45, 2.75) is 0 Å². The van der Waals surface area contributed by atoms with E-state index in [1.54, 1.807) is 0 Å². The van der Waals surface area contributed by atoms with Crippen LogP contribution in [-0.4, -0.2) is 104 Å². The monoisotopic (exact) mass is 314 g/mol. The molecule has 0 fully saturated rings. The summed E-state index contributed by atoms with van der Waals surface area (Å²) in [6.07, 6.45) is -8.83. The summed E-state index contributed by atoms with van der Waals surface area (Å²) in [5, 5.41) is 63.9. The first-order valence-electron chi connectivity index (χ1n) is 2.49. The quantitative estimate of drug-likeness (QED) is 0.395. The predicted octanol–water partition coefficient (Wildman–Crippen LogP) is -8.26. The Morgan fingerprint density at radius 1 is 0.526 bits per heavy atom. The van der Waals surface area contributed by atoms with E-state index in [2.05, 4.69) is 0 Å². The Balaban J connectivity index is -0.0000000192. The molecule has 19 heavy (non-hydrogen) atoms. The maximum atomic E-state index is 8.44. The van der Waals surface area contributed by atoms with Crippen LogP contribution in [0.25, 0.3) is 0 Å². The summed E-state index contributed by atoms with van der Waals surface area (Å²) < 4.78 is 0. The average Bonchev–Trinajstić information content (AvgIpc) is 1.76. The standard InChI is InChI=1S/4CH2O3.3Mg/c4*2-1(3)4;;;/h4*(H2,2,3,4);;;/q;;;;3*+2/p-6.